The van der Waals surface area contributed by atoms with Gasteiger partial charge >= 0.3 is 0 Å². The zero-order chi connectivity index (χ0) is 13.5. The zero-order valence-corrected chi connectivity index (χ0v) is 11.2. The lowest BCUT2D eigenvalue weighted by atomic mass is 10.1. The molecule has 0 aliphatic heterocycles. The Hall–Kier alpha value is -1.82. The van der Waals surface area contributed by atoms with E-state index in [2.05, 4.69) is 5.10 Å². The maximum atomic E-state index is 11.3. The molecule has 0 amide bonds. The highest BCUT2D eigenvalue weighted by atomic mass is 32.2. The number of aryl methyl sites for hydroxylation is 1. The van der Waals surface area contributed by atoms with Crippen molar-refractivity contribution < 1.29 is 13.5 Å². The van der Waals surface area contributed by atoms with E-state index in [1.807, 2.05) is 0 Å². The Bertz CT molecular complexity index is 685. The molecule has 0 unspecified atom stereocenters. The molecule has 0 saturated carbocycles. The summed E-state index contributed by atoms with van der Waals surface area (Å²) in [4.78, 5) is 0.249. The molecule has 1 heterocycles. The topological polar surface area (TPSA) is 72.2 Å². The van der Waals surface area contributed by atoms with Crippen LogP contribution in [0.1, 0.15) is 5.69 Å². The average Bonchev–Trinajstić information content (AvgIpc) is 2.56. The highest BCUT2D eigenvalue weighted by molar-refractivity contribution is 7.90. The van der Waals surface area contributed by atoms with Crippen molar-refractivity contribution in [1.29, 1.82) is 0 Å². The van der Waals surface area contributed by atoms with Gasteiger partial charge in [0.25, 0.3) is 0 Å². The molecular weight excluding hydrogens is 252 g/mol. The Morgan fingerprint density at radius 2 is 1.78 bits per heavy atom. The van der Waals surface area contributed by atoms with Gasteiger partial charge in [-0.2, -0.15) is 5.10 Å². The molecule has 18 heavy (non-hydrogen) atoms. The fraction of sp³-hybridized carbons (Fsp3) is 0.250. The molecule has 0 radical (unpaired) electrons. The van der Waals surface area contributed by atoms with Crippen LogP contribution in [0.3, 0.4) is 0 Å². The van der Waals surface area contributed by atoms with E-state index < -0.39 is 9.84 Å². The first kappa shape index (κ1) is 12.6. The Morgan fingerprint density at radius 3 is 2.17 bits per heavy atom. The SMILES string of the molecule is Cc1c(O)c(-c2ccc(S(C)(=O)=O)cc2)nn1C. The van der Waals surface area contributed by atoms with Gasteiger partial charge in [-0.15, -0.1) is 0 Å². The van der Waals surface area contributed by atoms with Gasteiger partial charge < -0.3 is 5.11 Å². The van der Waals surface area contributed by atoms with Crippen LogP contribution < -0.4 is 0 Å². The van der Waals surface area contributed by atoms with Gasteiger partial charge in [0.1, 0.15) is 5.69 Å². The third-order valence-electron chi connectivity index (χ3n) is 2.86. The van der Waals surface area contributed by atoms with Crippen LogP contribution in [-0.4, -0.2) is 29.6 Å². The van der Waals surface area contributed by atoms with E-state index in [0.29, 0.717) is 17.0 Å². The fourth-order valence-corrected chi connectivity index (χ4v) is 2.28. The van der Waals surface area contributed by atoms with Crippen LogP contribution in [0.25, 0.3) is 11.3 Å². The van der Waals surface area contributed by atoms with Crippen molar-refractivity contribution >= 4 is 9.84 Å². The summed E-state index contributed by atoms with van der Waals surface area (Å²) in [6.45, 7) is 1.76. The van der Waals surface area contributed by atoms with E-state index >= 15 is 0 Å². The Kier molecular flexibility index (Phi) is 2.90. The smallest absolute Gasteiger partial charge is 0.175 e. The molecule has 0 aliphatic carbocycles. The number of aromatic hydroxyl groups is 1. The van der Waals surface area contributed by atoms with Gasteiger partial charge in [0.2, 0.25) is 0 Å². The van der Waals surface area contributed by atoms with Gasteiger partial charge in [-0.25, -0.2) is 8.42 Å². The molecule has 1 N–H and O–H groups in total. The maximum Gasteiger partial charge on any atom is 0.175 e. The summed E-state index contributed by atoms with van der Waals surface area (Å²) < 4.78 is 24.3. The Morgan fingerprint density at radius 1 is 1.22 bits per heavy atom. The van der Waals surface area contributed by atoms with Crippen molar-refractivity contribution in [3.63, 3.8) is 0 Å². The predicted molar refractivity (Wildman–Crippen MR) is 68.2 cm³/mol. The minimum atomic E-state index is -3.20. The Labute approximate surface area is 106 Å². The summed E-state index contributed by atoms with van der Waals surface area (Å²) in [5.41, 5.74) is 1.80. The van der Waals surface area contributed by atoms with Crippen LogP contribution in [0.4, 0.5) is 0 Å². The number of benzene rings is 1. The third kappa shape index (κ3) is 2.11. The monoisotopic (exact) mass is 266 g/mol. The predicted octanol–water partition coefficient (Wildman–Crippen LogP) is 1.50. The van der Waals surface area contributed by atoms with Gasteiger partial charge in [0.15, 0.2) is 15.6 Å². The van der Waals surface area contributed by atoms with E-state index in [1.165, 1.54) is 12.1 Å². The second-order valence-electron chi connectivity index (χ2n) is 4.20. The third-order valence-corrected chi connectivity index (χ3v) is 3.99. The minimum absolute atomic E-state index is 0.115. The lowest BCUT2D eigenvalue weighted by Crippen LogP contribution is -1.96. The number of nitrogens with zero attached hydrogens (tertiary/aromatic N) is 2. The van der Waals surface area contributed by atoms with Gasteiger partial charge in [0, 0.05) is 18.9 Å². The van der Waals surface area contributed by atoms with Crippen LogP contribution in [0, 0.1) is 6.92 Å². The first-order valence-electron chi connectivity index (χ1n) is 5.34. The van der Waals surface area contributed by atoms with Crippen molar-refractivity contribution in [2.75, 3.05) is 6.26 Å². The average molecular weight is 266 g/mol. The largest absolute Gasteiger partial charge is 0.504 e. The lowest BCUT2D eigenvalue weighted by molar-refractivity contribution is 0.471. The lowest BCUT2D eigenvalue weighted by Gasteiger charge is -2.00. The molecule has 0 bridgehead atoms. The van der Waals surface area contributed by atoms with Crippen molar-refractivity contribution in [1.82, 2.24) is 9.78 Å². The van der Waals surface area contributed by atoms with Gasteiger partial charge in [-0.05, 0) is 19.1 Å². The standard InChI is InChI=1S/C12H14N2O3S/c1-8-12(15)11(13-14(8)2)9-4-6-10(7-5-9)18(3,16)17/h4-7,15H,1-3H3. The van der Waals surface area contributed by atoms with Crippen molar-refractivity contribution in [2.24, 2.45) is 7.05 Å². The summed E-state index contributed by atoms with van der Waals surface area (Å²) in [6.07, 6.45) is 1.16. The number of hydrogen-bond acceptors (Lipinski definition) is 4. The molecule has 1 aromatic heterocycles. The van der Waals surface area contributed by atoms with E-state index in [0.717, 1.165) is 6.26 Å². The molecule has 0 fully saturated rings. The fourth-order valence-electron chi connectivity index (χ4n) is 1.65. The summed E-state index contributed by atoms with van der Waals surface area (Å²) >= 11 is 0. The molecule has 0 aliphatic rings. The van der Waals surface area contributed by atoms with Gasteiger partial charge in [-0.1, -0.05) is 12.1 Å². The van der Waals surface area contributed by atoms with E-state index in [1.54, 1.807) is 30.8 Å². The van der Waals surface area contributed by atoms with Gasteiger partial charge in [-0.3, -0.25) is 4.68 Å². The molecule has 1 aromatic carbocycles. The van der Waals surface area contributed by atoms with Crippen LogP contribution in [0.15, 0.2) is 29.2 Å². The van der Waals surface area contributed by atoms with Crippen molar-refractivity contribution in [3.05, 3.63) is 30.0 Å². The molecule has 5 nitrogen and oxygen atoms in total. The summed E-state index contributed by atoms with van der Waals surface area (Å²) in [6, 6.07) is 6.29. The quantitative estimate of drug-likeness (QED) is 0.894. The maximum absolute atomic E-state index is 11.3. The molecule has 2 aromatic rings. The minimum Gasteiger partial charge on any atom is -0.504 e. The highest BCUT2D eigenvalue weighted by Crippen LogP contribution is 2.30. The van der Waals surface area contributed by atoms with Crippen molar-refractivity contribution in [3.8, 4) is 17.0 Å². The highest BCUT2D eigenvalue weighted by Gasteiger charge is 2.14. The van der Waals surface area contributed by atoms with E-state index in [-0.39, 0.29) is 10.6 Å². The first-order valence-corrected chi connectivity index (χ1v) is 7.23. The summed E-state index contributed by atoms with van der Waals surface area (Å²) in [5, 5.41) is 14.1. The molecule has 0 atom stereocenters. The summed E-state index contributed by atoms with van der Waals surface area (Å²) in [5.74, 6) is 0.115. The van der Waals surface area contributed by atoms with E-state index in [9.17, 15) is 13.5 Å². The molecular formula is C12H14N2O3S. The zero-order valence-electron chi connectivity index (χ0n) is 10.4. The normalized spacial score (nSPS) is 11.7. The second-order valence-corrected chi connectivity index (χ2v) is 6.22. The second kappa shape index (κ2) is 4.13. The molecule has 0 saturated heterocycles. The first-order chi connectivity index (χ1) is 8.30. The van der Waals surface area contributed by atoms with Crippen LogP contribution in [0.2, 0.25) is 0 Å². The van der Waals surface area contributed by atoms with E-state index in [4.69, 9.17) is 0 Å². The van der Waals surface area contributed by atoms with Crippen LogP contribution >= 0.6 is 0 Å². The number of rotatable bonds is 2. The number of sulfone groups is 1. The van der Waals surface area contributed by atoms with Gasteiger partial charge in [0.05, 0.1) is 10.6 Å². The number of hydrogen-bond donors (Lipinski definition) is 1. The molecule has 6 heteroatoms. The van der Waals surface area contributed by atoms with Crippen molar-refractivity contribution in [2.45, 2.75) is 11.8 Å². The molecule has 2 rings (SSSR count). The molecule has 0 spiro atoms. The van der Waals surface area contributed by atoms with Crippen LogP contribution in [0.5, 0.6) is 5.75 Å². The molecule has 96 valence electrons. The Balaban J connectivity index is 2.50. The number of aromatic nitrogens is 2. The van der Waals surface area contributed by atoms with Crippen LogP contribution in [-0.2, 0) is 16.9 Å². The summed E-state index contributed by atoms with van der Waals surface area (Å²) in [7, 11) is -1.46.